The zero-order chi connectivity index (χ0) is 24.6. The Kier molecular flexibility index (Phi) is 6.23. The van der Waals surface area contributed by atoms with Crippen LogP contribution in [-0.2, 0) is 9.59 Å². The largest absolute Gasteiger partial charge is 0.369 e. The van der Waals surface area contributed by atoms with Gasteiger partial charge < -0.3 is 20.0 Å². The highest BCUT2D eigenvalue weighted by atomic mass is 16.2. The second kappa shape index (κ2) is 9.34. The maximum absolute atomic E-state index is 13.3. The van der Waals surface area contributed by atoms with Gasteiger partial charge in [0.15, 0.2) is 0 Å². The van der Waals surface area contributed by atoms with E-state index in [1.807, 2.05) is 37.3 Å². The van der Waals surface area contributed by atoms with Crippen LogP contribution in [-0.4, -0.2) is 73.0 Å². The van der Waals surface area contributed by atoms with Gasteiger partial charge in [0.25, 0.3) is 5.91 Å². The summed E-state index contributed by atoms with van der Waals surface area (Å²) in [6, 6.07) is 15.3. The molecule has 35 heavy (non-hydrogen) atoms. The van der Waals surface area contributed by atoms with E-state index in [2.05, 4.69) is 34.3 Å². The van der Waals surface area contributed by atoms with Crippen molar-refractivity contribution >= 4 is 34.8 Å². The molecule has 1 N–H and O–H groups in total. The molecule has 3 amide bonds. The summed E-state index contributed by atoms with van der Waals surface area (Å²) in [4.78, 5) is 46.8. The van der Waals surface area contributed by atoms with Gasteiger partial charge in [-0.2, -0.15) is 0 Å². The molecule has 0 aromatic heterocycles. The van der Waals surface area contributed by atoms with Gasteiger partial charge in [0.2, 0.25) is 11.8 Å². The van der Waals surface area contributed by atoms with Crippen molar-refractivity contribution in [1.82, 2.24) is 9.80 Å². The lowest BCUT2D eigenvalue weighted by atomic mass is 9.98. The first-order valence-corrected chi connectivity index (χ1v) is 12.4. The van der Waals surface area contributed by atoms with E-state index < -0.39 is 5.66 Å². The van der Waals surface area contributed by atoms with Gasteiger partial charge in [-0.1, -0.05) is 12.1 Å². The van der Waals surface area contributed by atoms with Crippen LogP contribution in [0.3, 0.4) is 0 Å². The molecule has 1 unspecified atom stereocenters. The Bertz CT molecular complexity index is 1130. The average Bonchev–Trinajstić information content (AvgIpc) is 3.17. The van der Waals surface area contributed by atoms with Crippen LogP contribution in [0, 0.1) is 0 Å². The molecule has 8 nitrogen and oxygen atoms in total. The molecule has 0 aliphatic carbocycles. The molecule has 2 aromatic rings. The lowest BCUT2D eigenvalue weighted by molar-refractivity contribution is -0.118. The van der Waals surface area contributed by atoms with Gasteiger partial charge in [-0.05, 0) is 63.2 Å². The Morgan fingerprint density at radius 2 is 1.71 bits per heavy atom. The standard InChI is InChI=1S/C27H33N5O3/c1-27-14-13-25(34)32(27)23-7-4-3-6-22(23)26(35)31(27)15-5-8-24(33)28-20-9-11-21(12-10-20)30-18-16-29(2)17-19-30/h3-4,6-7,9-12H,5,8,13-19H2,1-2H3,(H,28,33). The van der Waals surface area contributed by atoms with Crippen LogP contribution < -0.4 is 15.1 Å². The van der Waals surface area contributed by atoms with Crippen molar-refractivity contribution in [3.05, 3.63) is 54.1 Å². The SMILES string of the molecule is CN1CCN(c2ccc(NC(=O)CCCN3C(=O)c4ccccc4N4C(=O)CCC34C)cc2)CC1. The Morgan fingerprint density at radius 3 is 2.46 bits per heavy atom. The average molecular weight is 476 g/mol. The van der Waals surface area contributed by atoms with Crippen LogP contribution in [0.25, 0.3) is 0 Å². The van der Waals surface area contributed by atoms with Gasteiger partial charge in [0.05, 0.1) is 11.3 Å². The van der Waals surface area contributed by atoms with Crippen molar-refractivity contribution in [2.24, 2.45) is 0 Å². The number of rotatable bonds is 6. The molecule has 0 radical (unpaired) electrons. The molecule has 2 fully saturated rings. The summed E-state index contributed by atoms with van der Waals surface area (Å²) >= 11 is 0. The van der Waals surface area contributed by atoms with Gasteiger partial charge in [0.1, 0.15) is 5.66 Å². The maximum atomic E-state index is 13.3. The second-order valence-electron chi connectivity index (χ2n) is 9.91. The summed E-state index contributed by atoms with van der Waals surface area (Å²) in [5, 5.41) is 2.97. The van der Waals surface area contributed by atoms with E-state index >= 15 is 0 Å². The van der Waals surface area contributed by atoms with Gasteiger partial charge in [0, 0.05) is 56.9 Å². The fourth-order valence-electron chi connectivity index (χ4n) is 5.48. The molecule has 3 aliphatic rings. The van der Waals surface area contributed by atoms with Crippen LogP contribution in [0.5, 0.6) is 0 Å². The molecular weight excluding hydrogens is 442 g/mol. The number of para-hydroxylation sites is 1. The monoisotopic (exact) mass is 475 g/mol. The Hall–Kier alpha value is -3.39. The third-order valence-electron chi connectivity index (χ3n) is 7.55. The Morgan fingerprint density at radius 1 is 1.00 bits per heavy atom. The number of piperazine rings is 1. The van der Waals surface area contributed by atoms with Crippen molar-refractivity contribution in [3.8, 4) is 0 Å². The van der Waals surface area contributed by atoms with E-state index in [0.29, 0.717) is 43.5 Å². The number of carbonyl (C=O) groups excluding carboxylic acids is 3. The molecule has 184 valence electrons. The summed E-state index contributed by atoms with van der Waals surface area (Å²) in [6.07, 6.45) is 1.84. The molecule has 1 atom stereocenters. The zero-order valence-corrected chi connectivity index (χ0v) is 20.5. The first-order valence-electron chi connectivity index (χ1n) is 12.4. The van der Waals surface area contributed by atoms with Crippen molar-refractivity contribution in [3.63, 3.8) is 0 Å². The summed E-state index contributed by atoms with van der Waals surface area (Å²) in [7, 11) is 2.14. The highest BCUT2D eigenvalue weighted by molar-refractivity contribution is 6.10. The van der Waals surface area contributed by atoms with Gasteiger partial charge in [-0.15, -0.1) is 0 Å². The number of anilines is 3. The molecular formula is C27H33N5O3. The highest BCUT2D eigenvalue weighted by Crippen LogP contribution is 2.44. The minimum absolute atomic E-state index is 0.0372. The third kappa shape index (κ3) is 4.38. The smallest absolute Gasteiger partial charge is 0.257 e. The number of nitrogens with one attached hydrogen (secondary N) is 1. The molecule has 3 aliphatic heterocycles. The molecule has 2 saturated heterocycles. The van der Waals surface area contributed by atoms with Crippen molar-refractivity contribution in [1.29, 1.82) is 0 Å². The summed E-state index contributed by atoms with van der Waals surface area (Å²) < 4.78 is 0. The van der Waals surface area contributed by atoms with Crippen molar-refractivity contribution < 1.29 is 14.4 Å². The summed E-state index contributed by atoms with van der Waals surface area (Å²) in [5.74, 6) is -0.115. The molecule has 3 heterocycles. The molecule has 0 spiro atoms. The zero-order valence-electron chi connectivity index (χ0n) is 20.5. The topological polar surface area (TPSA) is 76.2 Å². The van der Waals surface area contributed by atoms with E-state index in [4.69, 9.17) is 0 Å². The fourth-order valence-corrected chi connectivity index (χ4v) is 5.48. The van der Waals surface area contributed by atoms with Crippen LogP contribution in [0.1, 0.15) is 43.0 Å². The van der Waals surface area contributed by atoms with Crippen LogP contribution >= 0.6 is 0 Å². The maximum Gasteiger partial charge on any atom is 0.257 e. The first-order chi connectivity index (χ1) is 16.9. The van der Waals surface area contributed by atoms with Crippen LogP contribution in [0.15, 0.2) is 48.5 Å². The fraction of sp³-hybridized carbons (Fsp3) is 0.444. The minimum atomic E-state index is -0.682. The number of nitrogens with zero attached hydrogens (tertiary/aromatic N) is 4. The number of amides is 3. The lowest BCUT2D eigenvalue weighted by Crippen LogP contribution is -2.62. The van der Waals surface area contributed by atoms with Crippen molar-refractivity contribution in [2.45, 2.75) is 38.3 Å². The molecule has 0 saturated carbocycles. The van der Waals surface area contributed by atoms with E-state index in [1.165, 1.54) is 5.69 Å². The van der Waals surface area contributed by atoms with E-state index in [1.54, 1.807) is 15.9 Å². The highest BCUT2D eigenvalue weighted by Gasteiger charge is 2.52. The summed E-state index contributed by atoms with van der Waals surface area (Å²) in [6.45, 7) is 6.48. The Labute approximate surface area is 206 Å². The van der Waals surface area contributed by atoms with Crippen molar-refractivity contribution in [2.75, 3.05) is 54.9 Å². The summed E-state index contributed by atoms with van der Waals surface area (Å²) in [5.41, 5.74) is 2.50. The van der Waals surface area contributed by atoms with E-state index in [9.17, 15) is 14.4 Å². The second-order valence-corrected chi connectivity index (χ2v) is 9.91. The number of hydrogen-bond acceptors (Lipinski definition) is 5. The number of carbonyl (C=O) groups is 3. The molecule has 5 rings (SSSR count). The predicted octanol–water partition coefficient (Wildman–Crippen LogP) is 3.16. The van der Waals surface area contributed by atoms with Crippen LogP contribution in [0.2, 0.25) is 0 Å². The van der Waals surface area contributed by atoms with Gasteiger partial charge >= 0.3 is 0 Å². The van der Waals surface area contributed by atoms with Gasteiger partial charge in [-0.3, -0.25) is 19.3 Å². The van der Waals surface area contributed by atoms with Gasteiger partial charge in [-0.25, -0.2) is 0 Å². The number of likely N-dealkylation sites (N-methyl/N-ethyl adjacent to an activating group) is 1. The first kappa shape index (κ1) is 23.4. The third-order valence-corrected chi connectivity index (χ3v) is 7.55. The number of benzene rings is 2. The normalized spacial score (nSPS) is 22.3. The van der Waals surface area contributed by atoms with E-state index in [-0.39, 0.29) is 17.7 Å². The minimum Gasteiger partial charge on any atom is -0.369 e. The lowest BCUT2D eigenvalue weighted by Gasteiger charge is -2.48. The Balaban J connectivity index is 1.18. The van der Waals surface area contributed by atoms with Crippen LogP contribution in [0.4, 0.5) is 17.1 Å². The number of hydrogen-bond donors (Lipinski definition) is 1. The molecule has 8 heteroatoms. The molecule has 2 aromatic carbocycles. The molecule has 0 bridgehead atoms. The quantitative estimate of drug-likeness (QED) is 0.695. The number of fused-ring (bicyclic) bond motifs is 3. The predicted molar refractivity (Wildman–Crippen MR) is 137 cm³/mol. The van der Waals surface area contributed by atoms with E-state index in [0.717, 1.165) is 31.9 Å².